The predicted molar refractivity (Wildman–Crippen MR) is 116 cm³/mol. The van der Waals surface area contributed by atoms with E-state index in [4.69, 9.17) is 9.84 Å². The van der Waals surface area contributed by atoms with Crippen LogP contribution < -0.4 is 4.74 Å². The van der Waals surface area contributed by atoms with E-state index in [2.05, 4.69) is 53.5 Å². The summed E-state index contributed by atoms with van der Waals surface area (Å²) in [5, 5.41) is 8.77. The standard InChI is InChI=1S/C25H27NO2/c27-19-3-1-2-4-20-28-25-13-11-24(12-14-25)23-9-7-21(8-10-23)5-6-22-15-17-26-18-16-22/h5-18,27H,1-4,19-20H2. The Bertz CT molecular complexity index is 840. The third kappa shape index (κ3) is 6.36. The number of hydrogen-bond donors (Lipinski definition) is 1. The Kier molecular flexibility index (Phi) is 7.83. The van der Waals surface area contributed by atoms with Crippen LogP contribution in [0.3, 0.4) is 0 Å². The minimum absolute atomic E-state index is 0.282. The lowest BCUT2D eigenvalue weighted by molar-refractivity contribution is 0.273. The van der Waals surface area contributed by atoms with Crippen molar-refractivity contribution >= 4 is 12.2 Å². The van der Waals surface area contributed by atoms with Crippen LogP contribution in [0.4, 0.5) is 0 Å². The number of aliphatic hydroxyl groups is 1. The summed E-state index contributed by atoms with van der Waals surface area (Å²) in [4.78, 5) is 4.03. The maximum Gasteiger partial charge on any atom is 0.119 e. The highest BCUT2D eigenvalue weighted by atomic mass is 16.5. The first-order valence-electron chi connectivity index (χ1n) is 9.87. The van der Waals surface area contributed by atoms with Crippen molar-refractivity contribution in [3.63, 3.8) is 0 Å². The van der Waals surface area contributed by atoms with Crippen molar-refractivity contribution < 1.29 is 9.84 Å². The molecule has 0 fully saturated rings. The Morgan fingerprint density at radius 3 is 1.89 bits per heavy atom. The third-order valence-electron chi connectivity index (χ3n) is 4.59. The van der Waals surface area contributed by atoms with Gasteiger partial charge in [-0.1, -0.05) is 55.0 Å². The van der Waals surface area contributed by atoms with Gasteiger partial charge in [-0.15, -0.1) is 0 Å². The lowest BCUT2D eigenvalue weighted by atomic mass is 10.0. The van der Waals surface area contributed by atoms with E-state index >= 15 is 0 Å². The molecule has 3 nitrogen and oxygen atoms in total. The molecule has 3 rings (SSSR count). The first-order valence-corrected chi connectivity index (χ1v) is 9.87. The SMILES string of the molecule is OCCCCCCOc1ccc(-c2ccc(C=Cc3ccncc3)cc2)cc1. The van der Waals surface area contributed by atoms with Crippen molar-refractivity contribution in [2.75, 3.05) is 13.2 Å². The monoisotopic (exact) mass is 373 g/mol. The third-order valence-corrected chi connectivity index (χ3v) is 4.59. The van der Waals surface area contributed by atoms with Crippen molar-refractivity contribution in [1.82, 2.24) is 4.98 Å². The van der Waals surface area contributed by atoms with Crippen molar-refractivity contribution in [1.29, 1.82) is 0 Å². The summed E-state index contributed by atoms with van der Waals surface area (Å²) in [6, 6.07) is 20.8. The van der Waals surface area contributed by atoms with E-state index in [0.717, 1.165) is 43.6 Å². The number of rotatable bonds is 10. The molecular weight excluding hydrogens is 346 g/mol. The van der Waals surface area contributed by atoms with E-state index in [1.165, 1.54) is 16.7 Å². The fourth-order valence-corrected chi connectivity index (χ4v) is 2.95. The molecule has 0 bridgehead atoms. The summed E-state index contributed by atoms with van der Waals surface area (Å²) in [6.07, 6.45) is 11.9. The zero-order chi connectivity index (χ0) is 19.4. The van der Waals surface area contributed by atoms with E-state index in [0.29, 0.717) is 0 Å². The molecule has 0 saturated carbocycles. The van der Waals surface area contributed by atoms with Gasteiger partial charge in [-0.3, -0.25) is 4.98 Å². The van der Waals surface area contributed by atoms with Crippen LogP contribution in [-0.2, 0) is 0 Å². The van der Waals surface area contributed by atoms with Crippen LogP contribution in [0.2, 0.25) is 0 Å². The molecule has 0 aliphatic carbocycles. The Hall–Kier alpha value is -2.91. The lowest BCUT2D eigenvalue weighted by Crippen LogP contribution is -1.97. The number of aromatic nitrogens is 1. The molecule has 0 aliphatic heterocycles. The fourth-order valence-electron chi connectivity index (χ4n) is 2.95. The lowest BCUT2D eigenvalue weighted by Gasteiger charge is -2.08. The number of benzene rings is 2. The van der Waals surface area contributed by atoms with Crippen molar-refractivity contribution in [2.24, 2.45) is 0 Å². The molecule has 0 radical (unpaired) electrons. The van der Waals surface area contributed by atoms with E-state index in [1.54, 1.807) is 12.4 Å². The van der Waals surface area contributed by atoms with Crippen LogP contribution in [0.5, 0.6) is 5.75 Å². The molecular formula is C25H27NO2. The molecule has 0 saturated heterocycles. The second-order valence-corrected chi connectivity index (χ2v) is 6.75. The Morgan fingerprint density at radius 2 is 1.25 bits per heavy atom. The number of hydrogen-bond acceptors (Lipinski definition) is 3. The summed E-state index contributed by atoms with van der Waals surface area (Å²) in [7, 11) is 0. The first kappa shape index (κ1) is 19.8. The minimum Gasteiger partial charge on any atom is -0.494 e. The minimum atomic E-state index is 0.282. The van der Waals surface area contributed by atoms with Crippen molar-refractivity contribution in [2.45, 2.75) is 25.7 Å². The smallest absolute Gasteiger partial charge is 0.119 e. The number of nitrogens with zero attached hydrogens (tertiary/aromatic N) is 1. The molecule has 0 spiro atoms. The van der Waals surface area contributed by atoms with Gasteiger partial charge in [0.15, 0.2) is 0 Å². The second kappa shape index (κ2) is 11.1. The second-order valence-electron chi connectivity index (χ2n) is 6.75. The van der Waals surface area contributed by atoms with Crippen LogP contribution >= 0.6 is 0 Å². The molecule has 0 amide bonds. The van der Waals surface area contributed by atoms with Gasteiger partial charge in [0.2, 0.25) is 0 Å². The van der Waals surface area contributed by atoms with Gasteiger partial charge in [0.1, 0.15) is 5.75 Å². The van der Waals surface area contributed by atoms with Crippen LogP contribution in [0.25, 0.3) is 23.3 Å². The molecule has 3 heteroatoms. The predicted octanol–water partition coefficient (Wildman–Crippen LogP) is 5.85. The maximum absolute atomic E-state index is 8.77. The summed E-state index contributed by atoms with van der Waals surface area (Å²) >= 11 is 0. The molecule has 2 aromatic carbocycles. The van der Waals surface area contributed by atoms with Gasteiger partial charge in [0, 0.05) is 19.0 Å². The van der Waals surface area contributed by atoms with E-state index < -0.39 is 0 Å². The van der Waals surface area contributed by atoms with Gasteiger partial charge in [-0.25, -0.2) is 0 Å². The molecule has 0 aliphatic rings. The molecule has 1 aromatic heterocycles. The summed E-state index contributed by atoms with van der Waals surface area (Å²) in [6.45, 7) is 1.01. The van der Waals surface area contributed by atoms with Crippen LogP contribution in [0.15, 0.2) is 73.1 Å². The van der Waals surface area contributed by atoms with Crippen LogP contribution in [0.1, 0.15) is 36.8 Å². The van der Waals surface area contributed by atoms with Gasteiger partial charge < -0.3 is 9.84 Å². The summed E-state index contributed by atoms with van der Waals surface area (Å²) in [5.74, 6) is 0.905. The van der Waals surface area contributed by atoms with E-state index in [-0.39, 0.29) is 6.61 Å². The molecule has 3 aromatic rings. The summed E-state index contributed by atoms with van der Waals surface area (Å²) < 4.78 is 5.79. The molecule has 0 unspecified atom stereocenters. The summed E-state index contributed by atoms with van der Waals surface area (Å²) in [5.41, 5.74) is 4.68. The Labute approximate surface area is 167 Å². The molecule has 0 atom stereocenters. The molecule has 28 heavy (non-hydrogen) atoms. The van der Waals surface area contributed by atoms with Crippen LogP contribution in [0, 0.1) is 0 Å². The highest BCUT2D eigenvalue weighted by molar-refractivity contribution is 5.72. The van der Waals surface area contributed by atoms with Crippen molar-refractivity contribution in [3.8, 4) is 16.9 Å². The van der Waals surface area contributed by atoms with Gasteiger partial charge in [-0.2, -0.15) is 0 Å². The number of aliphatic hydroxyl groups excluding tert-OH is 1. The largest absolute Gasteiger partial charge is 0.494 e. The van der Waals surface area contributed by atoms with Gasteiger partial charge >= 0.3 is 0 Å². The molecule has 1 heterocycles. The molecule has 1 N–H and O–H groups in total. The van der Waals surface area contributed by atoms with Gasteiger partial charge in [0.05, 0.1) is 6.61 Å². The highest BCUT2D eigenvalue weighted by Gasteiger charge is 1.99. The topological polar surface area (TPSA) is 42.4 Å². The average molecular weight is 373 g/mol. The van der Waals surface area contributed by atoms with Crippen LogP contribution in [-0.4, -0.2) is 23.3 Å². The fraction of sp³-hybridized carbons (Fsp3) is 0.240. The zero-order valence-electron chi connectivity index (χ0n) is 16.1. The van der Waals surface area contributed by atoms with Crippen molar-refractivity contribution in [3.05, 3.63) is 84.2 Å². The highest BCUT2D eigenvalue weighted by Crippen LogP contribution is 2.23. The number of ether oxygens (including phenoxy) is 1. The quantitative estimate of drug-likeness (QED) is 0.453. The average Bonchev–Trinajstić information content (AvgIpc) is 2.76. The van der Waals surface area contributed by atoms with Gasteiger partial charge in [-0.05, 0) is 65.8 Å². The Balaban J connectivity index is 1.51. The number of unbranched alkanes of at least 4 members (excludes halogenated alkanes) is 3. The van der Waals surface area contributed by atoms with E-state index in [1.807, 2.05) is 24.3 Å². The van der Waals surface area contributed by atoms with Gasteiger partial charge in [0.25, 0.3) is 0 Å². The van der Waals surface area contributed by atoms with E-state index in [9.17, 15) is 0 Å². The Morgan fingerprint density at radius 1 is 0.679 bits per heavy atom. The first-order chi connectivity index (χ1) is 13.8. The maximum atomic E-state index is 8.77. The molecule has 144 valence electrons. The zero-order valence-corrected chi connectivity index (χ0v) is 16.1. The number of pyridine rings is 1. The normalized spacial score (nSPS) is 11.0.